The predicted octanol–water partition coefficient (Wildman–Crippen LogP) is 25.1. The molecular formula is C103H133Cl2F6N3O11Si. The molecule has 2 aliphatic carbocycles. The van der Waals surface area contributed by atoms with E-state index in [4.69, 9.17) is 32.2 Å². The van der Waals surface area contributed by atoms with Crippen molar-refractivity contribution in [3.05, 3.63) is 251 Å². The lowest BCUT2D eigenvalue weighted by Gasteiger charge is -2.20. The summed E-state index contributed by atoms with van der Waals surface area (Å²) in [6.45, 7) is 52.7. The second kappa shape index (κ2) is 49.2. The third-order valence-electron chi connectivity index (χ3n) is 19.4. The van der Waals surface area contributed by atoms with Gasteiger partial charge >= 0.3 is 6.18 Å². The molecule has 0 radical (unpaired) electrons. The highest BCUT2D eigenvalue weighted by atomic mass is 35.5. The molecule has 8 aromatic rings. The molecule has 126 heavy (non-hydrogen) atoms. The van der Waals surface area contributed by atoms with Crippen LogP contribution in [-0.4, -0.2) is 82.7 Å². The maximum Gasteiger partial charge on any atom is 0.416 e. The van der Waals surface area contributed by atoms with Gasteiger partial charge in [0.1, 0.15) is 81.0 Å². The number of benzene rings is 6. The van der Waals surface area contributed by atoms with Crippen LogP contribution in [0.2, 0.25) is 29.7 Å². The van der Waals surface area contributed by atoms with E-state index in [0.29, 0.717) is 90.1 Å². The van der Waals surface area contributed by atoms with Crippen molar-refractivity contribution in [2.75, 3.05) is 6.54 Å². The summed E-state index contributed by atoms with van der Waals surface area (Å²) >= 11 is 12.1. The van der Waals surface area contributed by atoms with E-state index in [2.05, 4.69) is 148 Å². The Morgan fingerprint density at radius 3 is 1.19 bits per heavy atom. The molecule has 6 aromatic carbocycles. The van der Waals surface area contributed by atoms with Gasteiger partial charge in [0.25, 0.3) is 0 Å². The molecule has 0 bridgehead atoms. The van der Waals surface area contributed by atoms with Gasteiger partial charge in [-0.3, -0.25) is 48.1 Å². The zero-order valence-electron chi connectivity index (χ0n) is 79.1. The van der Waals surface area contributed by atoms with Crippen molar-refractivity contribution in [3.8, 4) is 0 Å². The fourth-order valence-corrected chi connectivity index (χ4v) is 13.7. The number of ketones is 9. The van der Waals surface area contributed by atoms with Gasteiger partial charge in [0.15, 0.2) is 0 Å². The summed E-state index contributed by atoms with van der Waals surface area (Å²) in [6, 6.07) is 36.3. The van der Waals surface area contributed by atoms with Crippen molar-refractivity contribution >= 4 is 94.2 Å². The van der Waals surface area contributed by atoms with Crippen LogP contribution in [0.25, 0.3) is 0 Å². The molecule has 0 atom stereocenters. The first-order valence-corrected chi connectivity index (χ1v) is 46.8. The van der Waals surface area contributed by atoms with Gasteiger partial charge in [0, 0.05) is 89.1 Å². The van der Waals surface area contributed by atoms with E-state index in [9.17, 15) is 69.5 Å². The second-order valence-corrected chi connectivity index (χ2v) is 45.0. The van der Waals surface area contributed by atoms with E-state index in [0.717, 1.165) is 57.1 Å². The number of rotatable bonds is 21. The van der Waals surface area contributed by atoms with Gasteiger partial charge < -0.3 is 9.05 Å². The highest BCUT2D eigenvalue weighted by Gasteiger charge is 2.32. The quantitative estimate of drug-likeness (QED) is 0.0483. The zero-order valence-corrected chi connectivity index (χ0v) is 81.6. The molecule has 3 heterocycles. The van der Waals surface area contributed by atoms with Gasteiger partial charge in [-0.2, -0.15) is 13.2 Å². The first-order valence-electron chi connectivity index (χ1n) is 42.5. The molecule has 686 valence electrons. The van der Waals surface area contributed by atoms with Crippen molar-refractivity contribution in [2.45, 2.75) is 309 Å². The normalized spacial score (nSPS) is 13.0. The topological polar surface area (TPSA) is 218 Å². The van der Waals surface area contributed by atoms with Crippen LogP contribution in [0.5, 0.6) is 0 Å². The molecule has 2 saturated carbocycles. The maximum absolute atomic E-state index is 13.4. The molecular weight excluding hydrogens is 1670 g/mol. The highest BCUT2D eigenvalue weighted by molar-refractivity contribution is 6.88. The number of nitrogens with zero attached hydrogens (tertiary/aromatic N) is 3. The standard InChI is InChI=1S/C13H17ClO.C13H18O.C12H13ClO.C12H17FOSi.C12H13FO.C11H17NO.C10H8F4O.2C10H15NO2/c1-9(15)7-10-8-11(13(2,3)4)5-6-12(10)14;1-10(14)8-11-6-5-7-12(9-11)13(2,3)4;1-8(14)6-11-7-10(9-2-3-9)4-5-12(11)13;1-9(14)7-10-8-11(15(2,3)4)5-6-12(10)13;1-8(14)6-11-7-10(9-2-3-9)4-5-12(11)13;1-8(13)5-9-6-10(12-7-9)11(2,3)4;1-6(15)4-7-5-8(10(12,13)14)2-3-9(7)11;1-7(12)5-8-6-9(11-13-8)10(2,3)4;1-7(12)5-8-6-9(13-11-8)10(2,3)4/h5-6,8H,7H2,1-4H3;5-7,9H,8H2,1-4H3;4-5,7,9H,2-3,6H2,1H3;5-6,8H,7H2,1-4H3;4-5,7,9H,2-3,6H2,1H3;6H,5,7H2,1-4H3;2-3,5H,4H2,1H3;2*6H,5H2,1-4H3. The maximum atomic E-state index is 13.4. The van der Waals surface area contributed by atoms with Crippen LogP contribution < -0.4 is 5.19 Å². The van der Waals surface area contributed by atoms with Crippen LogP contribution in [0.1, 0.15) is 294 Å². The van der Waals surface area contributed by atoms with E-state index in [1.807, 2.05) is 93.6 Å². The summed E-state index contributed by atoms with van der Waals surface area (Å²) < 4.78 is 86.5. The van der Waals surface area contributed by atoms with Crippen LogP contribution in [-0.2, 0) is 122 Å². The average molecular weight is 1800 g/mol. The van der Waals surface area contributed by atoms with E-state index in [-0.39, 0.29) is 116 Å². The molecule has 11 rings (SSSR count). The molecule has 1 aliphatic heterocycles. The fourth-order valence-electron chi connectivity index (χ4n) is 12.2. The van der Waals surface area contributed by atoms with Gasteiger partial charge in [-0.1, -0.05) is 235 Å². The number of carbonyl (C=O) groups excluding carboxylic acids is 9. The Kier molecular flexibility index (Phi) is 43.2. The summed E-state index contributed by atoms with van der Waals surface area (Å²) in [5.74, 6) is 2.06. The van der Waals surface area contributed by atoms with Crippen LogP contribution in [0.4, 0.5) is 26.3 Å². The van der Waals surface area contributed by atoms with Crippen molar-refractivity contribution in [2.24, 2.45) is 10.4 Å². The average Bonchev–Trinajstić information content (AvgIpc) is 1.85. The lowest BCUT2D eigenvalue weighted by molar-refractivity contribution is -0.138. The first kappa shape index (κ1) is 111. The number of aliphatic imine (C=N–C) groups is 1. The van der Waals surface area contributed by atoms with Crippen molar-refractivity contribution in [3.63, 3.8) is 0 Å². The Balaban J connectivity index is 0.000000366. The minimum Gasteiger partial charge on any atom is -0.361 e. The molecule has 14 nitrogen and oxygen atoms in total. The number of alkyl halides is 3. The Labute approximate surface area is 755 Å². The van der Waals surface area contributed by atoms with Crippen molar-refractivity contribution in [1.82, 2.24) is 10.3 Å². The van der Waals surface area contributed by atoms with E-state index in [1.165, 1.54) is 86.0 Å². The number of allylic oxidation sites excluding steroid dienone is 1. The lowest BCUT2D eigenvalue weighted by atomic mass is 9.86. The number of carbonyl (C=O) groups is 9. The summed E-state index contributed by atoms with van der Waals surface area (Å²) in [6.07, 6.45) is 5.28. The monoisotopic (exact) mass is 1800 g/mol. The molecule has 2 aromatic heterocycles. The molecule has 0 unspecified atom stereocenters. The Morgan fingerprint density at radius 1 is 0.389 bits per heavy atom. The number of aromatic nitrogens is 2. The summed E-state index contributed by atoms with van der Waals surface area (Å²) in [4.78, 5) is 102. The van der Waals surface area contributed by atoms with Crippen LogP contribution in [0.3, 0.4) is 0 Å². The number of Topliss-reactive ketones (excluding diaryl/α,β-unsaturated/α-hetero) is 9. The fraction of sp³-hybridized carbons (Fsp3) is 0.476. The van der Waals surface area contributed by atoms with Crippen molar-refractivity contribution in [1.29, 1.82) is 0 Å². The Hall–Kier alpha value is -9.44. The number of halogens is 8. The van der Waals surface area contributed by atoms with Crippen LogP contribution in [0.15, 0.2) is 153 Å². The van der Waals surface area contributed by atoms with Gasteiger partial charge in [0.2, 0.25) is 0 Å². The van der Waals surface area contributed by atoms with Gasteiger partial charge in [-0.15, -0.1) is 0 Å². The smallest absolute Gasteiger partial charge is 0.361 e. The second-order valence-electron chi connectivity index (χ2n) is 39.1. The molecule has 0 spiro atoms. The van der Waals surface area contributed by atoms with Crippen LogP contribution in [0, 0.1) is 22.9 Å². The molecule has 0 amide bonds. The lowest BCUT2D eigenvalue weighted by Crippen LogP contribution is -2.37. The minimum atomic E-state index is -4.51. The molecule has 3 aliphatic rings. The van der Waals surface area contributed by atoms with Crippen LogP contribution >= 0.6 is 23.2 Å². The van der Waals surface area contributed by atoms with E-state index in [1.54, 1.807) is 41.5 Å². The Morgan fingerprint density at radius 2 is 0.786 bits per heavy atom. The molecule has 0 N–H and O–H groups in total. The van der Waals surface area contributed by atoms with Gasteiger partial charge in [-0.05, 0) is 220 Å². The third kappa shape index (κ3) is 43.4. The van der Waals surface area contributed by atoms with Crippen molar-refractivity contribution < 1.29 is 78.5 Å². The first-order chi connectivity index (χ1) is 57.8. The summed E-state index contributed by atoms with van der Waals surface area (Å²) in [5, 5.41) is 10.3. The third-order valence-corrected chi connectivity index (χ3v) is 22.2. The summed E-state index contributed by atoms with van der Waals surface area (Å²) in [5.41, 5.74) is 12.1. The summed E-state index contributed by atoms with van der Waals surface area (Å²) in [7, 11) is -1.42. The molecule has 23 heteroatoms. The van der Waals surface area contributed by atoms with Gasteiger partial charge in [0.05, 0.1) is 44.4 Å². The predicted molar refractivity (Wildman–Crippen MR) is 499 cm³/mol. The molecule has 2 fully saturated rings. The minimum absolute atomic E-state index is 0.00151. The Bertz CT molecular complexity index is 4800. The largest absolute Gasteiger partial charge is 0.416 e. The van der Waals surface area contributed by atoms with E-state index >= 15 is 0 Å². The molecule has 0 saturated heterocycles. The van der Waals surface area contributed by atoms with E-state index < -0.39 is 25.6 Å². The number of hydrogen-bond donors (Lipinski definition) is 0. The highest BCUT2D eigenvalue weighted by Crippen LogP contribution is 2.42. The zero-order chi connectivity index (χ0) is 96.1. The number of hydrogen-bond acceptors (Lipinski definition) is 14. The SMILES string of the molecule is CC(=O)CC1=CC(C(C)(C)C)=NC1.CC(=O)Cc1cc(C(C)(C)C)ccc1Cl.CC(=O)Cc1cc(C(C)(C)C)no1.CC(=O)Cc1cc(C(C)(C)C)on1.CC(=O)Cc1cc(C(F)(F)F)ccc1F.CC(=O)Cc1cc(C2CC2)ccc1Cl.CC(=O)Cc1cc(C2CC2)ccc1F.CC(=O)Cc1cc([Si](C)(C)C)ccc1F.CC(=O)Cc1cccc(C(C)(C)C)c1. The van der Waals surface area contributed by atoms with Gasteiger partial charge in [-0.25, -0.2) is 13.2 Å².